The van der Waals surface area contributed by atoms with Crippen LogP contribution in [0.2, 0.25) is 0 Å². The lowest BCUT2D eigenvalue weighted by Gasteiger charge is -2.41. The first-order chi connectivity index (χ1) is 7.93. The highest BCUT2D eigenvalue weighted by Gasteiger charge is 2.46. The number of amides is 1. The fourth-order valence-corrected chi connectivity index (χ4v) is 1.92. The van der Waals surface area contributed by atoms with Crippen LogP contribution in [0, 0.1) is 5.92 Å². The maximum absolute atomic E-state index is 11.4. The molecule has 1 fully saturated rings. The molecular weight excluding hydrogens is 230 g/mol. The fraction of sp³-hybridized carbons (Fsp3) is 0.900. The first kappa shape index (κ1) is 14.3. The Bertz CT molecular complexity index is 272. The van der Waals surface area contributed by atoms with Crippen molar-refractivity contribution < 1.29 is 30.0 Å². The summed E-state index contributed by atoms with van der Waals surface area (Å²) in [5.74, 6) is -1.06. The second-order valence-corrected chi connectivity index (χ2v) is 4.20. The summed E-state index contributed by atoms with van der Waals surface area (Å²) in [5, 5.41) is 40.2. The van der Waals surface area contributed by atoms with E-state index in [2.05, 4.69) is 5.32 Å². The quantitative estimate of drug-likeness (QED) is 0.369. The predicted octanol–water partition coefficient (Wildman–Crippen LogP) is -2.79. The summed E-state index contributed by atoms with van der Waals surface area (Å²) in [6.07, 6.45) is -6.17. The van der Waals surface area contributed by atoms with E-state index >= 15 is 0 Å². The van der Waals surface area contributed by atoms with Crippen LogP contribution in [0.4, 0.5) is 0 Å². The summed E-state index contributed by atoms with van der Waals surface area (Å²) in [5.41, 5.74) is 0. The zero-order valence-corrected chi connectivity index (χ0v) is 9.78. The molecule has 2 unspecified atom stereocenters. The zero-order chi connectivity index (χ0) is 13.2. The highest BCUT2D eigenvalue weighted by molar-refractivity contribution is 5.78. The number of rotatable bonds is 3. The molecule has 1 rings (SSSR count). The van der Waals surface area contributed by atoms with Crippen LogP contribution in [0.1, 0.15) is 6.92 Å². The van der Waals surface area contributed by atoms with Crippen molar-refractivity contribution in [2.24, 2.45) is 5.92 Å². The maximum Gasteiger partial charge on any atom is 0.225 e. The van der Waals surface area contributed by atoms with Gasteiger partial charge >= 0.3 is 0 Å². The van der Waals surface area contributed by atoms with Gasteiger partial charge < -0.3 is 30.5 Å². The maximum atomic E-state index is 11.4. The highest BCUT2D eigenvalue weighted by Crippen LogP contribution is 2.25. The second kappa shape index (κ2) is 5.74. The molecule has 5 N–H and O–H groups in total. The van der Waals surface area contributed by atoms with Crippen LogP contribution in [0.5, 0.6) is 0 Å². The van der Waals surface area contributed by atoms with E-state index in [1.54, 1.807) is 0 Å². The van der Waals surface area contributed by atoms with Crippen LogP contribution in [-0.2, 0) is 9.53 Å². The summed E-state index contributed by atoms with van der Waals surface area (Å²) >= 11 is 0. The molecule has 0 aromatic heterocycles. The second-order valence-electron chi connectivity index (χ2n) is 4.20. The highest BCUT2D eigenvalue weighted by atomic mass is 16.5. The minimum absolute atomic E-state index is 0.352. The van der Waals surface area contributed by atoms with Gasteiger partial charge in [0.1, 0.15) is 24.4 Å². The van der Waals surface area contributed by atoms with Crippen molar-refractivity contribution >= 4 is 5.91 Å². The third-order valence-electron chi connectivity index (χ3n) is 3.08. The molecule has 0 saturated carbocycles. The van der Waals surface area contributed by atoms with Crippen LogP contribution >= 0.6 is 0 Å². The molecule has 1 aliphatic heterocycles. The third-order valence-corrected chi connectivity index (χ3v) is 3.08. The van der Waals surface area contributed by atoms with Crippen molar-refractivity contribution in [2.45, 2.75) is 37.4 Å². The van der Waals surface area contributed by atoms with E-state index in [4.69, 9.17) is 9.84 Å². The van der Waals surface area contributed by atoms with Gasteiger partial charge in [-0.15, -0.1) is 0 Å². The molecule has 1 aliphatic rings. The lowest BCUT2D eigenvalue weighted by molar-refractivity contribution is -0.238. The average molecular weight is 249 g/mol. The van der Waals surface area contributed by atoms with Gasteiger partial charge in [0.2, 0.25) is 5.91 Å². The normalized spacial score (nSPS) is 39.8. The van der Waals surface area contributed by atoms with E-state index in [9.17, 15) is 20.1 Å². The first-order valence-corrected chi connectivity index (χ1v) is 5.46. The Morgan fingerprint density at radius 2 is 1.88 bits per heavy atom. The number of hydrogen-bond donors (Lipinski definition) is 5. The summed E-state index contributed by atoms with van der Waals surface area (Å²) in [4.78, 5) is 11.4. The van der Waals surface area contributed by atoms with E-state index in [-0.39, 0.29) is 5.91 Å². The van der Waals surface area contributed by atoms with Gasteiger partial charge in [0, 0.05) is 7.05 Å². The Kier molecular flexibility index (Phi) is 4.84. The Balaban J connectivity index is 2.81. The SMILES string of the molecule is CNC(=O)C(C)C1O[C@H](CO)[C@@H](O)[C@H](O)[C@H]1O. The minimum Gasteiger partial charge on any atom is -0.394 e. The number of nitrogens with one attached hydrogen (secondary N) is 1. The Morgan fingerprint density at radius 3 is 2.35 bits per heavy atom. The fourth-order valence-electron chi connectivity index (χ4n) is 1.92. The van der Waals surface area contributed by atoms with Crippen molar-refractivity contribution in [1.82, 2.24) is 5.32 Å². The molecule has 17 heavy (non-hydrogen) atoms. The molecule has 1 saturated heterocycles. The lowest BCUT2D eigenvalue weighted by atomic mass is 9.88. The van der Waals surface area contributed by atoms with Gasteiger partial charge in [-0.2, -0.15) is 0 Å². The van der Waals surface area contributed by atoms with Crippen LogP contribution in [0.25, 0.3) is 0 Å². The monoisotopic (exact) mass is 249 g/mol. The lowest BCUT2D eigenvalue weighted by Crippen LogP contribution is -2.61. The number of hydrogen-bond acceptors (Lipinski definition) is 6. The number of carbonyl (C=O) groups is 1. The number of carbonyl (C=O) groups excluding carboxylic acids is 1. The van der Waals surface area contributed by atoms with Gasteiger partial charge in [-0.25, -0.2) is 0 Å². The molecule has 100 valence electrons. The summed E-state index contributed by atoms with van der Waals surface area (Å²) in [6.45, 7) is 1.04. The van der Waals surface area contributed by atoms with Gasteiger partial charge in [-0.3, -0.25) is 4.79 Å². The molecule has 0 bridgehead atoms. The molecular formula is C10H19NO6. The Morgan fingerprint density at radius 1 is 1.29 bits per heavy atom. The van der Waals surface area contributed by atoms with Gasteiger partial charge in [0.05, 0.1) is 18.6 Å². The van der Waals surface area contributed by atoms with Crippen molar-refractivity contribution in [3.05, 3.63) is 0 Å². The van der Waals surface area contributed by atoms with Crippen molar-refractivity contribution in [3.63, 3.8) is 0 Å². The largest absolute Gasteiger partial charge is 0.394 e. The van der Waals surface area contributed by atoms with Crippen molar-refractivity contribution in [1.29, 1.82) is 0 Å². The molecule has 7 heteroatoms. The predicted molar refractivity (Wildman–Crippen MR) is 57.0 cm³/mol. The molecule has 0 spiro atoms. The first-order valence-electron chi connectivity index (χ1n) is 5.46. The summed E-state index contributed by atoms with van der Waals surface area (Å²) in [6, 6.07) is 0. The number of ether oxygens (including phenoxy) is 1. The molecule has 0 aromatic carbocycles. The Hall–Kier alpha value is -0.730. The standard InChI is InChI=1S/C10H19NO6/c1-4(10(16)11-2)9-8(15)7(14)6(13)5(3-12)17-9/h4-9,12-15H,3H2,1-2H3,(H,11,16)/t4?,5-,6-,7+,8-,9?/m1/s1. The van der Waals surface area contributed by atoms with E-state index in [0.717, 1.165) is 0 Å². The topological polar surface area (TPSA) is 119 Å². The van der Waals surface area contributed by atoms with Gasteiger partial charge in [0.25, 0.3) is 0 Å². The molecule has 0 aliphatic carbocycles. The third kappa shape index (κ3) is 2.75. The van der Waals surface area contributed by atoms with E-state index in [1.807, 2.05) is 0 Å². The van der Waals surface area contributed by atoms with Crippen LogP contribution < -0.4 is 5.32 Å². The van der Waals surface area contributed by atoms with Gasteiger partial charge in [-0.05, 0) is 0 Å². The van der Waals surface area contributed by atoms with Crippen molar-refractivity contribution in [3.8, 4) is 0 Å². The van der Waals surface area contributed by atoms with Crippen LogP contribution in [-0.4, -0.2) is 70.5 Å². The molecule has 1 heterocycles. The molecule has 0 radical (unpaired) electrons. The van der Waals surface area contributed by atoms with E-state index in [1.165, 1.54) is 14.0 Å². The molecule has 1 amide bonds. The molecule has 6 atom stereocenters. The smallest absolute Gasteiger partial charge is 0.225 e. The van der Waals surface area contributed by atoms with Gasteiger partial charge in [0.15, 0.2) is 0 Å². The molecule has 0 aromatic rings. The zero-order valence-electron chi connectivity index (χ0n) is 9.78. The Labute approximate surface area is 99.0 Å². The average Bonchev–Trinajstić information content (AvgIpc) is 2.34. The molecule has 7 nitrogen and oxygen atoms in total. The number of aliphatic hydroxyl groups is 4. The summed E-state index contributed by atoms with van der Waals surface area (Å²) < 4.78 is 5.24. The summed E-state index contributed by atoms with van der Waals surface area (Å²) in [7, 11) is 1.45. The van der Waals surface area contributed by atoms with Gasteiger partial charge in [-0.1, -0.05) is 6.92 Å². The van der Waals surface area contributed by atoms with Crippen LogP contribution in [0.15, 0.2) is 0 Å². The van der Waals surface area contributed by atoms with Crippen LogP contribution in [0.3, 0.4) is 0 Å². The van der Waals surface area contributed by atoms with E-state index < -0.39 is 43.0 Å². The van der Waals surface area contributed by atoms with E-state index in [0.29, 0.717) is 0 Å². The minimum atomic E-state index is -1.45. The van der Waals surface area contributed by atoms with Crippen molar-refractivity contribution in [2.75, 3.05) is 13.7 Å². The number of aliphatic hydroxyl groups excluding tert-OH is 4.